The molecule has 23 heavy (non-hydrogen) atoms. The first-order valence-corrected chi connectivity index (χ1v) is 8.71. The van der Waals surface area contributed by atoms with Gasteiger partial charge in [-0.15, -0.1) is 0 Å². The Kier molecular flexibility index (Phi) is 5.80. The number of nitrogens with zero attached hydrogens (tertiary/aromatic N) is 3. The molecule has 2 N–H and O–H groups in total. The van der Waals surface area contributed by atoms with Gasteiger partial charge in [-0.1, -0.05) is 0 Å². The lowest BCUT2D eigenvalue weighted by atomic mass is 10.3. The Hall–Kier alpha value is -1.84. The van der Waals surface area contributed by atoms with Crippen molar-refractivity contribution < 1.29 is 13.2 Å². The van der Waals surface area contributed by atoms with Gasteiger partial charge in [-0.2, -0.15) is 0 Å². The van der Waals surface area contributed by atoms with Gasteiger partial charge in [0.1, 0.15) is 5.75 Å². The molecule has 1 aliphatic rings. The van der Waals surface area contributed by atoms with Crippen molar-refractivity contribution >= 4 is 16.0 Å². The summed E-state index contributed by atoms with van der Waals surface area (Å²) in [7, 11) is 1.90. The smallest absolute Gasteiger partial charge is 0.264 e. The molecule has 0 unspecified atom stereocenters. The van der Waals surface area contributed by atoms with Crippen LogP contribution in [-0.2, 0) is 10.0 Å². The van der Waals surface area contributed by atoms with E-state index in [1.807, 2.05) is 14.1 Å². The van der Waals surface area contributed by atoms with Crippen LogP contribution in [-0.4, -0.2) is 71.8 Å². The molecule has 2 rings (SSSR count). The van der Waals surface area contributed by atoms with Gasteiger partial charge in [0, 0.05) is 13.1 Å². The van der Waals surface area contributed by atoms with Crippen molar-refractivity contribution in [3.05, 3.63) is 24.3 Å². The van der Waals surface area contributed by atoms with Crippen LogP contribution in [0.15, 0.2) is 34.2 Å². The Morgan fingerprint density at radius 2 is 2.04 bits per heavy atom. The highest BCUT2D eigenvalue weighted by atomic mass is 32.2. The molecule has 0 atom stereocenters. The predicted octanol–water partition coefficient (Wildman–Crippen LogP) is -0.289. The van der Waals surface area contributed by atoms with Gasteiger partial charge in [-0.25, -0.2) is 18.1 Å². The van der Waals surface area contributed by atoms with E-state index >= 15 is 0 Å². The van der Waals surface area contributed by atoms with Crippen molar-refractivity contribution in [2.24, 2.45) is 4.99 Å². The molecule has 128 valence electrons. The number of sulfonamides is 1. The molecule has 0 radical (unpaired) electrons. The normalized spacial score (nSPS) is 15.9. The summed E-state index contributed by atoms with van der Waals surface area (Å²) in [6.07, 6.45) is 0. The van der Waals surface area contributed by atoms with Crippen LogP contribution in [0.1, 0.15) is 0 Å². The van der Waals surface area contributed by atoms with Gasteiger partial charge in [0.25, 0.3) is 10.0 Å². The van der Waals surface area contributed by atoms with E-state index < -0.39 is 10.0 Å². The molecule has 0 bridgehead atoms. The van der Waals surface area contributed by atoms with Crippen molar-refractivity contribution in [3.63, 3.8) is 0 Å². The SMILES string of the molecule is COc1ccc(S(=O)(=O)NC2=NCN(CCN(C)C)CN2)cc1. The van der Waals surface area contributed by atoms with Crippen LogP contribution in [0.25, 0.3) is 0 Å². The molecule has 0 saturated heterocycles. The second kappa shape index (κ2) is 7.62. The lowest BCUT2D eigenvalue weighted by molar-refractivity contribution is 0.233. The fraction of sp³-hybridized carbons (Fsp3) is 0.500. The maximum absolute atomic E-state index is 12.3. The number of hydrogen-bond acceptors (Lipinski definition) is 7. The minimum Gasteiger partial charge on any atom is -0.497 e. The summed E-state index contributed by atoms with van der Waals surface area (Å²) >= 11 is 0. The first-order valence-electron chi connectivity index (χ1n) is 7.23. The fourth-order valence-corrected chi connectivity index (χ4v) is 2.97. The van der Waals surface area contributed by atoms with Gasteiger partial charge in [0.2, 0.25) is 5.96 Å². The molecule has 8 nitrogen and oxygen atoms in total. The van der Waals surface area contributed by atoms with Crippen LogP contribution in [0.2, 0.25) is 0 Å². The van der Waals surface area contributed by atoms with Crippen molar-refractivity contribution in [3.8, 4) is 5.75 Å². The summed E-state index contributed by atoms with van der Waals surface area (Å²) in [5.41, 5.74) is 0. The van der Waals surface area contributed by atoms with Crippen LogP contribution in [0.4, 0.5) is 0 Å². The lowest BCUT2D eigenvalue weighted by Crippen LogP contribution is -2.51. The maximum atomic E-state index is 12.3. The van der Waals surface area contributed by atoms with Crippen LogP contribution < -0.4 is 14.8 Å². The first-order chi connectivity index (χ1) is 10.9. The van der Waals surface area contributed by atoms with E-state index in [0.29, 0.717) is 19.1 Å². The number of aliphatic imine (C=N–C) groups is 1. The molecular weight excluding hydrogens is 318 g/mol. The zero-order valence-electron chi connectivity index (χ0n) is 13.6. The quantitative estimate of drug-likeness (QED) is 0.740. The van der Waals surface area contributed by atoms with Crippen LogP contribution >= 0.6 is 0 Å². The van der Waals surface area contributed by atoms with E-state index in [1.54, 1.807) is 12.1 Å². The Labute approximate surface area is 137 Å². The maximum Gasteiger partial charge on any atom is 0.264 e. The van der Waals surface area contributed by atoms with Crippen LogP contribution in [0, 0.1) is 0 Å². The minimum atomic E-state index is -3.65. The molecule has 0 aliphatic carbocycles. The van der Waals surface area contributed by atoms with Crippen molar-refractivity contribution in [1.82, 2.24) is 19.8 Å². The topological polar surface area (TPSA) is 86.3 Å². The molecule has 1 aromatic rings. The first kappa shape index (κ1) is 17.5. The third-order valence-corrected chi connectivity index (χ3v) is 4.72. The van der Waals surface area contributed by atoms with E-state index in [-0.39, 0.29) is 10.9 Å². The molecule has 0 aromatic heterocycles. The Morgan fingerprint density at radius 3 is 2.57 bits per heavy atom. The van der Waals surface area contributed by atoms with Crippen molar-refractivity contribution in [2.75, 3.05) is 47.6 Å². The van der Waals surface area contributed by atoms with E-state index in [9.17, 15) is 8.42 Å². The van der Waals surface area contributed by atoms with Gasteiger partial charge >= 0.3 is 0 Å². The van der Waals surface area contributed by atoms with Crippen LogP contribution in [0.5, 0.6) is 5.75 Å². The summed E-state index contributed by atoms with van der Waals surface area (Å²) in [6.45, 7) is 2.80. The second-order valence-electron chi connectivity index (χ2n) is 5.46. The lowest BCUT2D eigenvalue weighted by Gasteiger charge is -2.27. The second-order valence-corrected chi connectivity index (χ2v) is 7.14. The monoisotopic (exact) mass is 341 g/mol. The molecule has 1 aliphatic heterocycles. The number of rotatable bonds is 6. The van der Waals surface area contributed by atoms with E-state index in [4.69, 9.17) is 4.74 Å². The number of benzene rings is 1. The number of guanidine groups is 1. The van der Waals surface area contributed by atoms with E-state index in [2.05, 4.69) is 24.8 Å². The molecule has 0 spiro atoms. The molecule has 0 fully saturated rings. The zero-order valence-corrected chi connectivity index (χ0v) is 14.4. The number of methoxy groups -OCH3 is 1. The Bertz CT molecular complexity index is 643. The molecule has 1 heterocycles. The molecule has 9 heteroatoms. The highest BCUT2D eigenvalue weighted by molar-refractivity contribution is 7.90. The van der Waals surface area contributed by atoms with Crippen LogP contribution in [0.3, 0.4) is 0 Å². The van der Waals surface area contributed by atoms with E-state index in [0.717, 1.165) is 13.1 Å². The number of likely N-dealkylation sites (N-methyl/N-ethyl adjacent to an activating group) is 1. The minimum absolute atomic E-state index is 0.165. The molecular formula is C14H23N5O3S. The highest BCUT2D eigenvalue weighted by Gasteiger charge is 2.19. The number of ether oxygens (including phenoxy) is 1. The standard InChI is InChI=1S/C14H23N5O3S/c1-18(2)8-9-19-10-15-14(16-11-19)17-23(20,21)13-6-4-12(22-3)5-7-13/h4-7H,8-11H2,1-3H3,(H2,15,16,17). The summed E-state index contributed by atoms with van der Waals surface area (Å²) in [4.78, 5) is 8.57. The average molecular weight is 341 g/mol. The Morgan fingerprint density at radius 1 is 1.35 bits per heavy atom. The predicted molar refractivity (Wildman–Crippen MR) is 88.9 cm³/mol. The number of nitrogens with one attached hydrogen (secondary N) is 2. The molecule has 1 aromatic carbocycles. The van der Waals surface area contributed by atoms with Crippen molar-refractivity contribution in [1.29, 1.82) is 0 Å². The Balaban J connectivity index is 1.95. The fourth-order valence-electron chi connectivity index (χ4n) is 1.96. The third-order valence-electron chi connectivity index (χ3n) is 3.36. The van der Waals surface area contributed by atoms with Crippen molar-refractivity contribution in [2.45, 2.75) is 4.90 Å². The summed E-state index contributed by atoms with van der Waals surface area (Å²) in [5.74, 6) is 0.871. The summed E-state index contributed by atoms with van der Waals surface area (Å²) < 4.78 is 32.1. The summed E-state index contributed by atoms with van der Waals surface area (Å²) in [5, 5.41) is 2.98. The van der Waals surface area contributed by atoms with E-state index in [1.165, 1.54) is 19.2 Å². The summed E-state index contributed by atoms with van der Waals surface area (Å²) in [6, 6.07) is 6.20. The van der Waals surface area contributed by atoms with Gasteiger partial charge in [-0.3, -0.25) is 4.90 Å². The number of hydrogen-bond donors (Lipinski definition) is 2. The zero-order chi connectivity index (χ0) is 16.9. The van der Waals surface area contributed by atoms with Gasteiger partial charge in [-0.05, 0) is 38.4 Å². The molecule has 0 saturated carbocycles. The van der Waals surface area contributed by atoms with Gasteiger partial charge in [0.05, 0.1) is 25.3 Å². The molecule has 0 amide bonds. The highest BCUT2D eigenvalue weighted by Crippen LogP contribution is 2.15. The average Bonchev–Trinajstić information content (AvgIpc) is 2.54. The van der Waals surface area contributed by atoms with Gasteiger partial charge < -0.3 is 15.0 Å². The largest absolute Gasteiger partial charge is 0.497 e. The van der Waals surface area contributed by atoms with Gasteiger partial charge in [0.15, 0.2) is 0 Å². The third kappa shape index (κ3) is 5.08.